The highest BCUT2D eigenvalue weighted by molar-refractivity contribution is 6.30. The molecule has 1 saturated heterocycles. The van der Waals surface area contributed by atoms with Crippen molar-refractivity contribution in [1.82, 2.24) is 10.6 Å². The number of nitrogens with zero attached hydrogens (tertiary/aromatic N) is 1. The molecule has 4 nitrogen and oxygen atoms in total. The lowest BCUT2D eigenvalue weighted by Crippen LogP contribution is -2.43. The Kier molecular flexibility index (Phi) is 5.52. The van der Waals surface area contributed by atoms with Crippen LogP contribution in [0.3, 0.4) is 0 Å². The molecule has 0 spiro atoms. The van der Waals surface area contributed by atoms with E-state index >= 15 is 0 Å². The van der Waals surface area contributed by atoms with E-state index in [4.69, 9.17) is 11.6 Å². The van der Waals surface area contributed by atoms with Crippen LogP contribution in [-0.2, 0) is 4.79 Å². The molecule has 2 rings (SSSR count). The van der Waals surface area contributed by atoms with Crippen molar-refractivity contribution in [2.45, 2.75) is 18.6 Å². The van der Waals surface area contributed by atoms with Crippen LogP contribution >= 0.6 is 11.6 Å². The van der Waals surface area contributed by atoms with E-state index in [1.165, 1.54) is 0 Å². The first-order valence-electron chi connectivity index (χ1n) is 6.91. The molecule has 0 bridgehead atoms. The maximum Gasteiger partial charge on any atom is 0.401 e. The van der Waals surface area contributed by atoms with Crippen LogP contribution in [0.15, 0.2) is 24.3 Å². The fourth-order valence-electron chi connectivity index (χ4n) is 2.38. The second-order valence-electron chi connectivity index (χ2n) is 5.20. The van der Waals surface area contributed by atoms with Gasteiger partial charge in [0.05, 0.1) is 13.1 Å². The van der Waals surface area contributed by atoms with Gasteiger partial charge in [0.1, 0.15) is 0 Å². The summed E-state index contributed by atoms with van der Waals surface area (Å²) in [5.74, 6) is -0.429. The second-order valence-corrected chi connectivity index (χ2v) is 5.63. The second kappa shape index (κ2) is 7.19. The molecule has 1 heterocycles. The standard InChI is InChI=1S/C14H17ClF3N3O/c15-10-2-1-3-12(6-10)21-5-4-11(8-21)20-13(22)7-19-9-14(16,17)18/h1-3,6,11,19H,4-5,7-9H2,(H,20,22). The van der Waals surface area contributed by atoms with E-state index in [0.717, 1.165) is 18.7 Å². The maximum atomic E-state index is 12.0. The average molecular weight is 336 g/mol. The molecule has 0 saturated carbocycles. The van der Waals surface area contributed by atoms with Crippen molar-refractivity contribution in [2.75, 3.05) is 31.1 Å². The number of benzene rings is 1. The first-order chi connectivity index (χ1) is 10.3. The lowest BCUT2D eigenvalue weighted by Gasteiger charge is -2.19. The average Bonchev–Trinajstić information content (AvgIpc) is 2.85. The van der Waals surface area contributed by atoms with Crippen molar-refractivity contribution >= 4 is 23.2 Å². The number of alkyl halides is 3. The molecular weight excluding hydrogens is 319 g/mol. The molecule has 22 heavy (non-hydrogen) atoms. The van der Waals surface area contributed by atoms with Crippen LogP contribution in [0.25, 0.3) is 0 Å². The molecule has 1 atom stereocenters. The number of hydrogen-bond donors (Lipinski definition) is 2. The van der Waals surface area contributed by atoms with E-state index in [9.17, 15) is 18.0 Å². The Labute approximate surface area is 131 Å². The van der Waals surface area contributed by atoms with Gasteiger partial charge in [-0.15, -0.1) is 0 Å². The molecule has 0 aliphatic carbocycles. The Hall–Kier alpha value is -1.47. The van der Waals surface area contributed by atoms with Crippen LogP contribution in [-0.4, -0.2) is 44.3 Å². The van der Waals surface area contributed by atoms with Crippen molar-refractivity contribution in [3.8, 4) is 0 Å². The van der Waals surface area contributed by atoms with Crippen molar-refractivity contribution in [3.63, 3.8) is 0 Å². The number of carbonyl (C=O) groups is 1. The van der Waals surface area contributed by atoms with Gasteiger partial charge in [0.15, 0.2) is 0 Å². The Bertz CT molecular complexity index is 524. The smallest absolute Gasteiger partial charge is 0.369 e. The van der Waals surface area contributed by atoms with E-state index in [1.54, 1.807) is 6.07 Å². The molecule has 0 aromatic heterocycles. The van der Waals surface area contributed by atoms with Crippen molar-refractivity contribution in [3.05, 3.63) is 29.3 Å². The molecule has 1 fully saturated rings. The Morgan fingerprint density at radius 1 is 1.41 bits per heavy atom. The quantitative estimate of drug-likeness (QED) is 0.867. The summed E-state index contributed by atoms with van der Waals surface area (Å²) < 4.78 is 35.9. The van der Waals surface area contributed by atoms with Gasteiger partial charge in [-0.2, -0.15) is 13.2 Å². The normalized spacial score (nSPS) is 18.5. The summed E-state index contributed by atoms with van der Waals surface area (Å²) in [6.07, 6.45) is -3.56. The zero-order valence-corrected chi connectivity index (χ0v) is 12.5. The summed E-state index contributed by atoms with van der Waals surface area (Å²) in [5, 5.41) is 5.46. The van der Waals surface area contributed by atoms with Crippen LogP contribution in [0.1, 0.15) is 6.42 Å². The van der Waals surface area contributed by atoms with Crippen molar-refractivity contribution < 1.29 is 18.0 Å². The van der Waals surface area contributed by atoms with E-state index in [-0.39, 0.29) is 12.6 Å². The fraction of sp³-hybridized carbons (Fsp3) is 0.500. The van der Waals surface area contributed by atoms with E-state index in [2.05, 4.69) is 15.5 Å². The SMILES string of the molecule is O=C(CNCC(F)(F)F)NC1CCN(c2cccc(Cl)c2)C1. The molecule has 1 amide bonds. The largest absolute Gasteiger partial charge is 0.401 e. The highest BCUT2D eigenvalue weighted by Crippen LogP contribution is 2.23. The molecular formula is C14H17ClF3N3O. The molecule has 1 aliphatic heterocycles. The van der Waals surface area contributed by atoms with Gasteiger partial charge in [-0.3, -0.25) is 4.79 Å². The summed E-state index contributed by atoms with van der Waals surface area (Å²) in [6.45, 7) is -0.125. The summed E-state index contributed by atoms with van der Waals surface area (Å²) in [7, 11) is 0. The monoisotopic (exact) mass is 335 g/mol. The summed E-state index contributed by atoms with van der Waals surface area (Å²) in [4.78, 5) is 13.7. The number of anilines is 1. The van der Waals surface area contributed by atoms with Gasteiger partial charge < -0.3 is 15.5 Å². The predicted octanol–water partition coefficient (Wildman–Crippen LogP) is 2.19. The van der Waals surface area contributed by atoms with Crippen LogP contribution in [0.4, 0.5) is 18.9 Å². The summed E-state index contributed by atoms with van der Waals surface area (Å²) in [6, 6.07) is 7.34. The molecule has 122 valence electrons. The minimum atomic E-state index is -4.31. The number of amides is 1. The van der Waals surface area contributed by atoms with Crippen LogP contribution in [0.5, 0.6) is 0 Å². The highest BCUT2D eigenvalue weighted by Gasteiger charge is 2.27. The van der Waals surface area contributed by atoms with Gasteiger partial charge in [-0.25, -0.2) is 0 Å². The topological polar surface area (TPSA) is 44.4 Å². The van der Waals surface area contributed by atoms with Crippen molar-refractivity contribution in [1.29, 1.82) is 0 Å². The molecule has 1 aromatic carbocycles. The number of hydrogen-bond acceptors (Lipinski definition) is 3. The van der Waals surface area contributed by atoms with Crippen LogP contribution in [0, 0.1) is 0 Å². The van der Waals surface area contributed by atoms with E-state index in [1.807, 2.05) is 18.2 Å². The lowest BCUT2D eigenvalue weighted by molar-refractivity contribution is -0.128. The molecule has 2 N–H and O–H groups in total. The van der Waals surface area contributed by atoms with E-state index < -0.39 is 18.6 Å². The zero-order valence-electron chi connectivity index (χ0n) is 11.8. The molecule has 0 radical (unpaired) electrons. The lowest BCUT2D eigenvalue weighted by atomic mass is 10.2. The van der Waals surface area contributed by atoms with Gasteiger partial charge >= 0.3 is 6.18 Å². The fourth-order valence-corrected chi connectivity index (χ4v) is 2.57. The van der Waals surface area contributed by atoms with Crippen LogP contribution in [0.2, 0.25) is 5.02 Å². The highest BCUT2D eigenvalue weighted by atomic mass is 35.5. The molecule has 8 heteroatoms. The zero-order chi connectivity index (χ0) is 16.2. The van der Waals surface area contributed by atoms with Gasteiger partial charge in [-0.05, 0) is 24.6 Å². The Morgan fingerprint density at radius 2 is 2.18 bits per heavy atom. The minimum absolute atomic E-state index is 0.0702. The molecule has 1 unspecified atom stereocenters. The maximum absolute atomic E-state index is 12.0. The number of nitrogens with one attached hydrogen (secondary N) is 2. The number of halogens is 4. The number of rotatable bonds is 5. The van der Waals surface area contributed by atoms with Gasteiger partial charge in [0, 0.05) is 29.8 Å². The summed E-state index contributed by atoms with van der Waals surface area (Å²) in [5.41, 5.74) is 0.972. The first kappa shape index (κ1) is 16.9. The van der Waals surface area contributed by atoms with Gasteiger partial charge in [-0.1, -0.05) is 17.7 Å². The van der Waals surface area contributed by atoms with Gasteiger partial charge in [0.25, 0.3) is 0 Å². The Balaban J connectivity index is 1.75. The first-order valence-corrected chi connectivity index (χ1v) is 7.28. The third-order valence-corrected chi connectivity index (χ3v) is 3.57. The third-order valence-electron chi connectivity index (χ3n) is 3.34. The van der Waals surface area contributed by atoms with E-state index in [0.29, 0.717) is 11.6 Å². The number of carbonyl (C=O) groups excluding carboxylic acids is 1. The molecule has 1 aromatic rings. The molecule has 1 aliphatic rings. The van der Waals surface area contributed by atoms with Gasteiger partial charge in [0.2, 0.25) is 5.91 Å². The Morgan fingerprint density at radius 3 is 2.86 bits per heavy atom. The van der Waals surface area contributed by atoms with Crippen LogP contribution < -0.4 is 15.5 Å². The predicted molar refractivity (Wildman–Crippen MR) is 79.1 cm³/mol. The minimum Gasteiger partial charge on any atom is -0.369 e. The summed E-state index contributed by atoms with van der Waals surface area (Å²) >= 11 is 5.94. The third kappa shape index (κ3) is 5.38. The van der Waals surface area contributed by atoms with Crippen molar-refractivity contribution in [2.24, 2.45) is 0 Å².